The van der Waals surface area contributed by atoms with Gasteiger partial charge < -0.3 is 31.3 Å². The molecule has 0 radical (unpaired) electrons. The molecule has 1 aromatic rings. The Labute approximate surface area is 211 Å². The molecular weight excluding hydrogens is 468 g/mol. The van der Waals surface area contributed by atoms with Crippen molar-refractivity contribution in [1.82, 2.24) is 15.2 Å². The lowest BCUT2D eigenvalue weighted by molar-refractivity contribution is -0.137. The van der Waals surface area contributed by atoms with Gasteiger partial charge in [0.15, 0.2) is 12.6 Å². The van der Waals surface area contributed by atoms with Gasteiger partial charge in [0.05, 0.1) is 23.7 Å². The van der Waals surface area contributed by atoms with E-state index in [0.717, 1.165) is 6.29 Å². The highest BCUT2D eigenvalue weighted by molar-refractivity contribution is 5.96. The molecule has 200 valence electrons. The number of hydrazine groups is 1. The molecule has 0 bridgehead atoms. The van der Waals surface area contributed by atoms with Gasteiger partial charge in [-0.1, -0.05) is 12.1 Å². The first kappa shape index (κ1) is 32.2. The number of anilines is 1. The maximum Gasteiger partial charge on any atom is 0.305 e. The molecule has 0 aliphatic carbocycles. The Morgan fingerprint density at radius 3 is 2.28 bits per heavy atom. The van der Waals surface area contributed by atoms with E-state index in [1.165, 1.54) is 11.2 Å². The molecule has 1 aromatic carbocycles. The normalized spacial score (nSPS) is 12.0. The van der Waals surface area contributed by atoms with Crippen molar-refractivity contribution in [2.75, 3.05) is 33.0 Å². The molecule has 0 heterocycles. The highest BCUT2D eigenvalue weighted by Crippen LogP contribution is 2.24. The van der Waals surface area contributed by atoms with Gasteiger partial charge in [-0.3, -0.25) is 24.1 Å². The monoisotopic (exact) mass is 506 g/mol. The number of carboxylic acids is 1. The first-order valence-electron chi connectivity index (χ1n) is 11.2. The van der Waals surface area contributed by atoms with Crippen LogP contribution in [0.15, 0.2) is 30.1 Å². The van der Waals surface area contributed by atoms with E-state index < -0.39 is 11.5 Å². The third-order valence-corrected chi connectivity index (χ3v) is 5.17. The lowest BCUT2D eigenvalue weighted by Gasteiger charge is -2.30. The Morgan fingerprint density at radius 2 is 1.81 bits per heavy atom. The maximum atomic E-state index is 11.3. The number of nitrogens with two attached hydrogens (primary N) is 2. The van der Waals surface area contributed by atoms with Crippen molar-refractivity contribution in [3.8, 4) is 0 Å². The molecule has 1 rings (SSSR count). The second-order valence-electron chi connectivity index (χ2n) is 8.60. The van der Waals surface area contributed by atoms with Crippen molar-refractivity contribution < 1.29 is 29.1 Å². The molecule has 12 heteroatoms. The Hall–Kier alpha value is -3.77. The fraction of sp³-hybridized carbons (Fsp3) is 0.458. The molecule has 0 aliphatic heterocycles. The van der Waals surface area contributed by atoms with Crippen LogP contribution in [0.3, 0.4) is 0 Å². The van der Waals surface area contributed by atoms with Crippen LogP contribution in [0.25, 0.3) is 0 Å². The standard InChI is InChI=1S/C16H22N4O4.C8H16N2O2/c1-16(2,14(17)8-20(18)7-6-15(23)24)19-13-5-3-4-11(9-21)12(13)10-22;1-9-8(12)7(10(2)3)5-4-6-11/h3-5,8-10,19H,6-7,17-18H2,1-2H3,(H,23,24);6-7H,4-5H2,1-3H3,(H,9,12)/b14-8-;. The van der Waals surface area contributed by atoms with E-state index in [2.05, 4.69) is 10.6 Å². The summed E-state index contributed by atoms with van der Waals surface area (Å²) >= 11 is 0. The number of aliphatic carboxylic acids is 1. The van der Waals surface area contributed by atoms with Gasteiger partial charge in [-0.2, -0.15) is 0 Å². The second-order valence-corrected chi connectivity index (χ2v) is 8.60. The zero-order valence-corrected chi connectivity index (χ0v) is 21.5. The molecule has 36 heavy (non-hydrogen) atoms. The summed E-state index contributed by atoms with van der Waals surface area (Å²) in [7, 11) is 5.25. The first-order valence-corrected chi connectivity index (χ1v) is 11.2. The number of rotatable bonds is 14. The van der Waals surface area contributed by atoms with Gasteiger partial charge in [-0.15, -0.1) is 0 Å². The summed E-state index contributed by atoms with van der Waals surface area (Å²) in [5.41, 5.74) is 6.56. The van der Waals surface area contributed by atoms with Crippen LogP contribution in [0, 0.1) is 0 Å². The molecule has 0 fully saturated rings. The molecule has 0 aliphatic rings. The van der Waals surface area contributed by atoms with Gasteiger partial charge in [-0.05, 0) is 40.4 Å². The van der Waals surface area contributed by atoms with Crippen LogP contribution < -0.4 is 22.2 Å². The number of nitrogens with zero attached hydrogens (tertiary/aromatic N) is 2. The molecular formula is C24H38N6O6. The zero-order chi connectivity index (χ0) is 27.9. The fourth-order valence-corrected chi connectivity index (χ4v) is 2.98. The van der Waals surface area contributed by atoms with Crippen LogP contribution >= 0.6 is 0 Å². The topological polar surface area (TPSA) is 188 Å². The van der Waals surface area contributed by atoms with E-state index in [9.17, 15) is 24.0 Å². The minimum absolute atomic E-state index is 0.0400. The lowest BCUT2D eigenvalue weighted by atomic mass is 9.99. The number of carbonyl (C=O) groups is 5. The third kappa shape index (κ3) is 11.1. The molecule has 0 saturated carbocycles. The van der Waals surface area contributed by atoms with Crippen LogP contribution in [-0.4, -0.2) is 85.0 Å². The summed E-state index contributed by atoms with van der Waals surface area (Å²) in [4.78, 5) is 55.9. The minimum Gasteiger partial charge on any atom is -0.481 e. The van der Waals surface area contributed by atoms with E-state index in [1.54, 1.807) is 39.1 Å². The summed E-state index contributed by atoms with van der Waals surface area (Å²) in [6.45, 7) is 3.64. The van der Waals surface area contributed by atoms with E-state index in [0.29, 0.717) is 36.8 Å². The van der Waals surface area contributed by atoms with Crippen molar-refractivity contribution in [2.24, 2.45) is 11.6 Å². The summed E-state index contributed by atoms with van der Waals surface area (Å²) in [5, 5.41) is 15.5. The van der Waals surface area contributed by atoms with Crippen LogP contribution in [-0.2, 0) is 14.4 Å². The van der Waals surface area contributed by atoms with Crippen LogP contribution in [0.2, 0.25) is 0 Å². The Kier molecular flexibility index (Phi) is 14.3. The summed E-state index contributed by atoms with van der Waals surface area (Å²) in [5.74, 6) is 4.70. The fourth-order valence-electron chi connectivity index (χ4n) is 2.98. The van der Waals surface area contributed by atoms with E-state index in [-0.39, 0.29) is 36.0 Å². The molecule has 7 N–H and O–H groups in total. The zero-order valence-electron chi connectivity index (χ0n) is 21.5. The quantitative estimate of drug-likeness (QED) is 0.135. The number of nitrogens with one attached hydrogen (secondary N) is 2. The van der Waals surface area contributed by atoms with E-state index in [1.807, 2.05) is 19.0 Å². The average Bonchev–Trinajstić information content (AvgIpc) is 2.82. The molecule has 1 amide bonds. The summed E-state index contributed by atoms with van der Waals surface area (Å²) in [6, 6.07) is 4.66. The van der Waals surface area contributed by atoms with Gasteiger partial charge >= 0.3 is 5.97 Å². The average molecular weight is 507 g/mol. The Balaban J connectivity index is 0.000000860. The highest BCUT2D eigenvalue weighted by Gasteiger charge is 2.23. The number of hydrogen-bond donors (Lipinski definition) is 5. The summed E-state index contributed by atoms with van der Waals surface area (Å²) < 4.78 is 0. The number of carboxylic acid groups (broad SMARTS) is 1. The van der Waals surface area contributed by atoms with Gasteiger partial charge in [0.1, 0.15) is 6.29 Å². The first-order chi connectivity index (χ1) is 16.8. The number of carbonyl (C=O) groups excluding carboxylic acids is 4. The predicted molar refractivity (Wildman–Crippen MR) is 137 cm³/mol. The van der Waals surface area contributed by atoms with Gasteiger partial charge in [0.2, 0.25) is 5.91 Å². The van der Waals surface area contributed by atoms with E-state index in [4.69, 9.17) is 16.7 Å². The number of likely N-dealkylation sites (N-methyl/N-ethyl adjacent to an activating group) is 2. The van der Waals surface area contributed by atoms with Crippen molar-refractivity contribution >= 4 is 36.4 Å². The molecule has 0 spiro atoms. The number of benzene rings is 1. The SMILES string of the molecule is CC(C)(Nc1cccc(C=O)c1C=O)/C(N)=C/N(N)CCC(=O)O.CNC(=O)C(CCC=O)N(C)C. The molecule has 1 atom stereocenters. The van der Waals surface area contributed by atoms with Crippen molar-refractivity contribution in [3.63, 3.8) is 0 Å². The molecule has 0 aromatic heterocycles. The minimum atomic E-state index is -0.962. The molecule has 0 saturated heterocycles. The lowest BCUT2D eigenvalue weighted by Crippen LogP contribution is -2.42. The Bertz CT molecular complexity index is 932. The van der Waals surface area contributed by atoms with Gasteiger partial charge in [-0.25, -0.2) is 5.84 Å². The maximum absolute atomic E-state index is 11.3. The van der Waals surface area contributed by atoms with Crippen molar-refractivity contribution in [1.29, 1.82) is 0 Å². The molecule has 12 nitrogen and oxygen atoms in total. The van der Waals surface area contributed by atoms with Crippen LogP contribution in [0.5, 0.6) is 0 Å². The Morgan fingerprint density at radius 1 is 1.17 bits per heavy atom. The summed E-state index contributed by atoms with van der Waals surface area (Å²) in [6.07, 6.45) is 4.36. The van der Waals surface area contributed by atoms with Crippen molar-refractivity contribution in [3.05, 3.63) is 41.2 Å². The molecule has 1 unspecified atom stereocenters. The second kappa shape index (κ2) is 16.0. The third-order valence-electron chi connectivity index (χ3n) is 5.17. The van der Waals surface area contributed by atoms with Gasteiger partial charge in [0.25, 0.3) is 0 Å². The number of aldehydes is 3. The van der Waals surface area contributed by atoms with Crippen molar-refractivity contribution in [2.45, 2.75) is 44.7 Å². The largest absolute Gasteiger partial charge is 0.481 e. The van der Waals surface area contributed by atoms with E-state index >= 15 is 0 Å². The predicted octanol–water partition coefficient (Wildman–Crippen LogP) is 0.594. The van der Waals surface area contributed by atoms with Crippen LogP contribution in [0.1, 0.15) is 53.8 Å². The smallest absolute Gasteiger partial charge is 0.305 e. The number of hydrogen-bond acceptors (Lipinski definition) is 10. The number of amides is 1. The highest BCUT2D eigenvalue weighted by atomic mass is 16.4. The van der Waals surface area contributed by atoms with Crippen LogP contribution in [0.4, 0.5) is 5.69 Å². The van der Waals surface area contributed by atoms with Gasteiger partial charge in [0, 0.05) is 43.0 Å².